The Labute approximate surface area is 170 Å². The lowest BCUT2D eigenvalue weighted by molar-refractivity contribution is -0.138. The van der Waals surface area contributed by atoms with E-state index in [2.05, 4.69) is 4.98 Å². The second kappa shape index (κ2) is 8.11. The number of nitrogens with zero attached hydrogens (tertiary/aromatic N) is 1. The summed E-state index contributed by atoms with van der Waals surface area (Å²) in [5, 5.41) is 9.44. The van der Waals surface area contributed by atoms with Gasteiger partial charge in [-0.25, -0.2) is 4.98 Å². The monoisotopic (exact) mass is 391 g/mol. The zero-order valence-electron chi connectivity index (χ0n) is 16.8. The molecule has 0 radical (unpaired) electrons. The van der Waals surface area contributed by atoms with Crippen LogP contribution in [0.3, 0.4) is 0 Å². The molecule has 0 saturated heterocycles. The second-order valence-corrected chi connectivity index (χ2v) is 7.55. The SMILES string of the molecule is Cc1oc(-c2ccccc2)nc1COc1ccc(C(C)C(=O)O)c2c1CCCC2. The highest BCUT2D eigenvalue weighted by Gasteiger charge is 2.24. The first-order valence-corrected chi connectivity index (χ1v) is 10.1. The smallest absolute Gasteiger partial charge is 0.310 e. The van der Waals surface area contributed by atoms with Crippen molar-refractivity contribution in [2.45, 2.75) is 52.1 Å². The van der Waals surface area contributed by atoms with Gasteiger partial charge in [0, 0.05) is 5.56 Å². The molecule has 1 unspecified atom stereocenters. The summed E-state index contributed by atoms with van der Waals surface area (Å²) in [6, 6.07) is 13.6. The van der Waals surface area contributed by atoms with E-state index in [-0.39, 0.29) is 0 Å². The van der Waals surface area contributed by atoms with Crippen LogP contribution >= 0.6 is 0 Å². The van der Waals surface area contributed by atoms with Gasteiger partial charge < -0.3 is 14.3 Å². The fourth-order valence-electron chi connectivity index (χ4n) is 3.95. The number of benzene rings is 2. The molecule has 1 aliphatic rings. The van der Waals surface area contributed by atoms with Crippen molar-refractivity contribution in [2.24, 2.45) is 0 Å². The van der Waals surface area contributed by atoms with E-state index in [0.29, 0.717) is 12.5 Å². The largest absolute Gasteiger partial charge is 0.487 e. The lowest BCUT2D eigenvalue weighted by Gasteiger charge is -2.24. The molecule has 4 rings (SSSR count). The van der Waals surface area contributed by atoms with E-state index in [1.54, 1.807) is 6.92 Å². The van der Waals surface area contributed by atoms with Crippen LogP contribution in [0.15, 0.2) is 46.9 Å². The Morgan fingerprint density at radius 2 is 1.86 bits per heavy atom. The first-order chi connectivity index (χ1) is 14.0. The maximum absolute atomic E-state index is 11.5. The molecule has 1 N–H and O–H groups in total. The van der Waals surface area contributed by atoms with E-state index in [1.165, 1.54) is 0 Å². The number of oxazole rings is 1. The fourth-order valence-corrected chi connectivity index (χ4v) is 3.95. The van der Waals surface area contributed by atoms with Crippen molar-refractivity contribution in [2.75, 3.05) is 0 Å². The minimum absolute atomic E-state index is 0.322. The Morgan fingerprint density at radius 1 is 1.14 bits per heavy atom. The van der Waals surface area contributed by atoms with E-state index in [4.69, 9.17) is 9.15 Å². The second-order valence-electron chi connectivity index (χ2n) is 7.55. The molecule has 0 bridgehead atoms. The van der Waals surface area contributed by atoms with Crippen LogP contribution in [0.25, 0.3) is 11.5 Å². The molecule has 0 amide bonds. The van der Waals surface area contributed by atoms with E-state index < -0.39 is 11.9 Å². The highest BCUT2D eigenvalue weighted by atomic mass is 16.5. The molecular weight excluding hydrogens is 366 g/mol. The molecule has 5 nitrogen and oxygen atoms in total. The van der Waals surface area contributed by atoms with Gasteiger partial charge in [-0.2, -0.15) is 0 Å². The maximum Gasteiger partial charge on any atom is 0.310 e. The average molecular weight is 391 g/mol. The third-order valence-corrected chi connectivity index (χ3v) is 5.64. The van der Waals surface area contributed by atoms with Gasteiger partial charge in [0.15, 0.2) is 0 Å². The quantitative estimate of drug-likeness (QED) is 0.618. The third kappa shape index (κ3) is 3.90. The Balaban J connectivity index is 1.58. The Kier molecular flexibility index (Phi) is 5.38. The number of carboxylic acids is 1. The number of hydrogen-bond donors (Lipinski definition) is 1. The van der Waals surface area contributed by atoms with Crippen LogP contribution in [0.4, 0.5) is 0 Å². The minimum Gasteiger partial charge on any atom is -0.487 e. The topological polar surface area (TPSA) is 72.6 Å². The van der Waals surface area contributed by atoms with Crippen molar-refractivity contribution in [3.8, 4) is 17.2 Å². The van der Waals surface area contributed by atoms with Crippen molar-refractivity contribution >= 4 is 5.97 Å². The zero-order chi connectivity index (χ0) is 20.4. The molecule has 3 aromatic rings. The van der Waals surface area contributed by atoms with Gasteiger partial charge in [-0.1, -0.05) is 24.3 Å². The molecule has 5 heteroatoms. The molecule has 0 aliphatic heterocycles. The van der Waals surface area contributed by atoms with E-state index in [1.807, 2.05) is 49.4 Å². The van der Waals surface area contributed by atoms with Crippen LogP contribution in [-0.2, 0) is 24.2 Å². The summed E-state index contributed by atoms with van der Waals surface area (Å²) >= 11 is 0. The number of ether oxygens (including phenoxy) is 1. The van der Waals surface area contributed by atoms with Crippen LogP contribution in [-0.4, -0.2) is 16.1 Å². The first kappa shape index (κ1) is 19.2. The van der Waals surface area contributed by atoms with Crippen molar-refractivity contribution in [1.29, 1.82) is 0 Å². The van der Waals surface area contributed by atoms with Gasteiger partial charge in [0.2, 0.25) is 5.89 Å². The van der Waals surface area contributed by atoms with Crippen LogP contribution in [0.2, 0.25) is 0 Å². The van der Waals surface area contributed by atoms with Gasteiger partial charge in [-0.15, -0.1) is 0 Å². The molecule has 1 aromatic heterocycles. The summed E-state index contributed by atoms with van der Waals surface area (Å²) in [5.74, 6) is 0.855. The van der Waals surface area contributed by atoms with Crippen LogP contribution < -0.4 is 4.74 Å². The van der Waals surface area contributed by atoms with Gasteiger partial charge >= 0.3 is 5.97 Å². The molecule has 1 atom stereocenters. The lowest BCUT2D eigenvalue weighted by atomic mass is 9.83. The summed E-state index contributed by atoms with van der Waals surface area (Å²) < 4.78 is 12.0. The minimum atomic E-state index is -0.793. The number of carboxylic acid groups (broad SMARTS) is 1. The van der Waals surface area contributed by atoms with Crippen molar-refractivity contribution in [1.82, 2.24) is 4.98 Å². The number of carbonyl (C=O) groups is 1. The molecule has 0 fully saturated rings. The van der Waals surface area contributed by atoms with Gasteiger partial charge in [-0.3, -0.25) is 4.79 Å². The lowest BCUT2D eigenvalue weighted by Crippen LogP contribution is -2.15. The normalized spacial score (nSPS) is 14.3. The predicted molar refractivity (Wildman–Crippen MR) is 110 cm³/mol. The number of fused-ring (bicyclic) bond motifs is 1. The molecule has 150 valence electrons. The third-order valence-electron chi connectivity index (χ3n) is 5.64. The van der Waals surface area contributed by atoms with Crippen LogP contribution in [0, 0.1) is 6.92 Å². The molecular formula is C24H25NO4. The number of aryl methyl sites for hydroxylation is 1. The Morgan fingerprint density at radius 3 is 2.59 bits per heavy atom. The van der Waals surface area contributed by atoms with Crippen LogP contribution in [0.1, 0.15) is 53.8 Å². The van der Waals surface area contributed by atoms with Crippen molar-refractivity contribution in [3.05, 3.63) is 70.6 Å². The summed E-state index contributed by atoms with van der Waals surface area (Å²) in [4.78, 5) is 16.1. The van der Waals surface area contributed by atoms with E-state index in [9.17, 15) is 9.90 Å². The van der Waals surface area contributed by atoms with E-state index in [0.717, 1.165) is 65.1 Å². The number of aliphatic carboxylic acids is 1. The van der Waals surface area contributed by atoms with Gasteiger partial charge in [-0.05, 0) is 74.4 Å². The summed E-state index contributed by atoms with van der Waals surface area (Å²) in [5.41, 5.74) is 4.91. The highest BCUT2D eigenvalue weighted by molar-refractivity contribution is 5.76. The first-order valence-electron chi connectivity index (χ1n) is 10.1. The fraction of sp³-hybridized carbons (Fsp3) is 0.333. The van der Waals surface area contributed by atoms with Crippen LogP contribution in [0.5, 0.6) is 5.75 Å². The maximum atomic E-state index is 11.5. The summed E-state index contributed by atoms with van der Waals surface area (Å²) in [7, 11) is 0. The Bertz CT molecular complexity index is 1020. The number of rotatable bonds is 6. The van der Waals surface area contributed by atoms with Gasteiger partial charge in [0.05, 0.1) is 5.92 Å². The molecule has 2 aromatic carbocycles. The highest BCUT2D eigenvalue weighted by Crippen LogP contribution is 2.36. The summed E-state index contributed by atoms with van der Waals surface area (Å²) in [6.45, 7) is 3.96. The van der Waals surface area contributed by atoms with Gasteiger partial charge in [0.25, 0.3) is 0 Å². The van der Waals surface area contributed by atoms with Crippen molar-refractivity contribution in [3.63, 3.8) is 0 Å². The molecule has 29 heavy (non-hydrogen) atoms. The number of aromatic nitrogens is 1. The van der Waals surface area contributed by atoms with E-state index >= 15 is 0 Å². The van der Waals surface area contributed by atoms with Crippen molar-refractivity contribution < 1.29 is 19.1 Å². The molecule has 1 aliphatic carbocycles. The molecule has 0 saturated carbocycles. The Hall–Kier alpha value is -3.08. The average Bonchev–Trinajstić information content (AvgIpc) is 3.12. The molecule has 0 spiro atoms. The summed E-state index contributed by atoms with van der Waals surface area (Å²) in [6.07, 6.45) is 3.99. The van der Waals surface area contributed by atoms with Gasteiger partial charge in [0.1, 0.15) is 23.8 Å². The predicted octanol–water partition coefficient (Wildman–Crippen LogP) is 5.30. The standard InChI is InChI=1S/C24H25NO4/c1-15(24(26)27)18-12-13-22(20-11-7-6-10-19(18)20)28-14-21-16(2)29-23(25-21)17-8-4-3-5-9-17/h3-5,8-9,12-13,15H,6-7,10-11,14H2,1-2H3,(H,26,27). The molecule has 1 heterocycles. The number of hydrogen-bond acceptors (Lipinski definition) is 4. The zero-order valence-corrected chi connectivity index (χ0v) is 16.8.